The molecule has 7 rings (SSSR count). The Balaban J connectivity index is 1.62. The van der Waals surface area contributed by atoms with Gasteiger partial charge in [-0.1, -0.05) is 103 Å². The third-order valence-corrected chi connectivity index (χ3v) is 8.30. The van der Waals surface area contributed by atoms with E-state index in [4.69, 9.17) is 0 Å². The molecule has 0 bridgehead atoms. The average Bonchev–Trinajstić information content (AvgIpc) is 3.08. The molecule has 0 heterocycles. The van der Waals surface area contributed by atoms with E-state index < -0.39 is 0 Å². The van der Waals surface area contributed by atoms with Gasteiger partial charge in [-0.05, 0) is 96.0 Å². The Kier molecular flexibility index (Phi) is 4.14. The Morgan fingerprint density at radius 1 is 0.559 bits per heavy atom. The van der Waals surface area contributed by atoms with Crippen LogP contribution in [-0.4, -0.2) is 0 Å². The van der Waals surface area contributed by atoms with Gasteiger partial charge in [-0.15, -0.1) is 0 Å². The SMILES string of the molecule is CC1(C)c2cc3c(-c4ccc5ccccc5c4)c4ccccc4cc3cc2-c2cccc(Br)c21. The van der Waals surface area contributed by atoms with Gasteiger partial charge in [0.25, 0.3) is 0 Å². The van der Waals surface area contributed by atoms with E-state index in [0.717, 1.165) is 0 Å². The van der Waals surface area contributed by atoms with Gasteiger partial charge in [0.1, 0.15) is 0 Å². The Bertz CT molecular complexity index is 1790. The Morgan fingerprint density at radius 3 is 2.18 bits per heavy atom. The summed E-state index contributed by atoms with van der Waals surface area (Å²) in [4.78, 5) is 0. The van der Waals surface area contributed by atoms with Crippen molar-refractivity contribution in [1.29, 1.82) is 0 Å². The minimum absolute atomic E-state index is 0.0642. The highest BCUT2D eigenvalue weighted by atomic mass is 79.9. The molecule has 0 N–H and O–H groups in total. The normalized spacial score (nSPS) is 14.0. The third-order valence-electron chi connectivity index (χ3n) is 7.64. The van der Waals surface area contributed by atoms with Gasteiger partial charge >= 0.3 is 0 Å². The van der Waals surface area contributed by atoms with Crippen molar-refractivity contribution in [3.63, 3.8) is 0 Å². The van der Waals surface area contributed by atoms with Crippen molar-refractivity contribution in [1.82, 2.24) is 0 Å². The number of halogens is 1. The third kappa shape index (κ3) is 2.71. The van der Waals surface area contributed by atoms with Gasteiger partial charge in [0, 0.05) is 9.89 Å². The molecule has 0 atom stereocenters. The first-order valence-corrected chi connectivity index (χ1v) is 12.6. The number of rotatable bonds is 1. The Labute approximate surface area is 208 Å². The Hall–Kier alpha value is -3.42. The molecule has 0 aromatic heterocycles. The number of hydrogen-bond acceptors (Lipinski definition) is 0. The second kappa shape index (κ2) is 7.04. The van der Waals surface area contributed by atoms with Crippen LogP contribution in [0, 0.1) is 0 Å². The molecule has 0 unspecified atom stereocenters. The summed E-state index contributed by atoms with van der Waals surface area (Å²) in [5.74, 6) is 0. The van der Waals surface area contributed by atoms with E-state index in [1.54, 1.807) is 0 Å². The highest BCUT2D eigenvalue weighted by Gasteiger charge is 2.37. The van der Waals surface area contributed by atoms with E-state index >= 15 is 0 Å². The second-order valence-corrected chi connectivity index (χ2v) is 10.8. The van der Waals surface area contributed by atoms with Crippen LogP contribution in [-0.2, 0) is 5.41 Å². The molecule has 0 saturated heterocycles. The minimum Gasteiger partial charge on any atom is -0.0616 e. The van der Waals surface area contributed by atoms with Gasteiger partial charge in [-0.3, -0.25) is 0 Å². The number of fused-ring (bicyclic) bond motifs is 6. The van der Waals surface area contributed by atoms with Gasteiger partial charge in [-0.2, -0.15) is 0 Å². The van der Waals surface area contributed by atoms with Crippen LogP contribution in [0.4, 0.5) is 0 Å². The summed E-state index contributed by atoms with van der Waals surface area (Å²) >= 11 is 3.85. The maximum absolute atomic E-state index is 3.85. The standard InChI is InChI=1S/C33H23Br/c1-33(2)29-19-27-24(18-28(29)26-12-7-13-30(34)32(26)33)17-22-10-5-6-11-25(22)31(27)23-15-14-20-8-3-4-9-21(20)16-23/h3-19H,1-2H3. The van der Waals surface area contributed by atoms with E-state index in [1.165, 1.54) is 70.2 Å². The van der Waals surface area contributed by atoms with Crippen molar-refractivity contribution >= 4 is 48.2 Å². The second-order valence-electron chi connectivity index (χ2n) is 9.94. The van der Waals surface area contributed by atoms with E-state index in [2.05, 4.69) is 133 Å². The zero-order valence-electron chi connectivity index (χ0n) is 19.2. The summed E-state index contributed by atoms with van der Waals surface area (Å²) < 4.78 is 1.19. The molecule has 0 radical (unpaired) electrons. The van der Waals surface area contributed by atoms with Crippen LogP contribution in [0.3, 0.4) is 0 Å². The summed E-state index contributed by atoms with van der Waals surface area (Å²) in [5, 5.41) is 7.76. The molecular weight excluding hydrogens is 476 g/mol. The molecule has 0 nitrogen and oxygen atoms in total. The summed E-state index contributed by atoms with van der Waals surface area (Å²) in [6.45, 7) is 4.70. The van der Waals surface area contributed by atoms with Gasteiger partial charge in [-0.25, -0.2) is 0 Å². The highest BCUT2D eigenvalue weighted by Crippen LogP contribution is 2.53. The van der Waals surface area contributed by atoms with Crippen molar-refractivity contribution in [3.05, 3.63) is 119 Å². The van der Waals surface area contributed by atoms with Crippen LogP contribution in [0.1, 0.15) is 25.0 Å². The van der Waals surface area contributed by atoms with Crippen LogP contribution in [0.15, 0.2) is 108 Å². The molecule has 6 aromatic carbocycles. The molecule has 0 amide bonds. The molecule has 6 aromatic rings. The van der Waals surface area contributed by atoms with Crippen molar-refractivity contribution in [3.8, 4) is 22.3 Å². The summed E-state index contributed by atoms with van der Waals surface area (Å²) in [7, 11) is 0. The molecule has 0 spiro atoms. The first-order chi connectivity index (χ1) is 16.5. The van der Waals surface area contributed by atoms with Crippen molar-refractivity contribution < 1.29 is 0 Å². The first kappa shape index (κ1) is 20.0. The molecule has 0 aliphatic heterocycles. The number of benzene rings is 6. The zero-order chi connectivity index (χ0) is 23.0. The largest absolute Gasteiger partial charge is 0.0616 e. The molecule has 0 fully saturated rings. The zero-order valence-corrected chi connectivity index (χ0v) is 20.8. The van der Waals surface area contributed by atoms with Gasteiger partial charge in [0.15, 0.2) is 0 Å². The predicted octanol–water partition coefficient (Wildman–Crippen LogP) is 9.88. The molecule has 0 saturated carbocycles. The fourth-order valence-electron chi connectivity index (χ4n) is 6.03. The van der Waals surface area contributed by atoms with Crippen LogP contribution in [0.25, 0.3) is 54.6 Å². The van der Waals surface area contributed by atoms with Crippen LogP contribution in [0.2, 0.25) is 0 Å². The summed E-state index contributed by atoms with van der Waals surface area (Å²) in [6.07, 6.45) is 0. The quantitative estimate of drug-likeness (QED) is 0.198. The van der Waals surface area contributed by atoms with Crippen molar-refractivity contribution in [2.24, 2.45) is 0 Å². The fraction of sp³-hybridized carbons (Fsp3) is 0.0909. The topological polar surface area (TPSA) is 0 Å². The van der Waals surface area contributed by atoms with Crippen molar-refractivity contribution in [2.45, 2.75) is 19.3 Å². The van der Waals surface area contributed by atoms with Gasteiger partial charge in [0.2, 0.25) is 0 Å². The van der Waals surface area contributed by atoms with Crippen molar-refractivity contribution in [2.75, 3.05) is 0 Å². The van der Waals surface area contributed by atoms with Crippen LogP contribution >= 0.6 is 15.9 Å². The highest BCUT2D eigenvalue weighted by molar-refractivity contribution is 9.10. The lowest BCUT2D eigenvalue weighted by atomic mass is 9.81. The molecule has 1 aliphatic rings. The van der Waals surface area contributed by atoms with Crippen LogP contribution < -0.4 is 0 Å². The molecule has 1 aliphatic carbocycles. The molecule has 34 heavy (non-hydrogen) atoms. The average molecular weight is 499 g/mol. The Morgan fingerprint density at radius 2 is 1.32 bits per heavy atom. The smallest absolute Gasteiger partial charge is 0.0222 e. The lowest BCUT2D eigenvalue weighted by molar-refractivity contribution is 0.658. The lowest BCUT2D eigenvalue weighted by Crippen LogP contribution is -2.15. The minimum atomic E-state index is -0.0642. The predicted molar refractivity (Wildman–Crippen MR) is 150 cm³/mol. The fourth-order valence-corrected chi connectivity index (χ4v) is 6.89. The molecule has 1 heteroatoms. The maximum Gasteiger partial charge on any atom is 0.0222 e. The monoisotopic (exact) mass is 498 g/mol. The summed E-state index contributed by atoms with van der Waals surface area (Å²) in [5.41, 5.74) is 8.02. The molecular formula is C33H23Br. The first-order valence-electron chi connectivity index (χ1n) is 11.8. The number of hydrogen-bond donors (Lipinski definition) is 0. The molecule has 162 valence electrons. The lowest BCUT2D eigenvalue weighted by Gasteiger charge is -2.23. The van der Waals surface area contributed by atoms with Gasteiger partial charge in [0.05, 0.1) is 0 Å². The van der Waals surface area contributed by atoms with E-state index in [-0.39, 0.29) is 5.41 Å². The van der Waals surface area contributed by atoms with Gasteiger partial charge < -0.3 is 0 Å². The van der Waals surface area contributed by atoms with E-state index in [1.807, 2.05) is 0 Å². The van der Waals surface area contributed by atoms with E-state index in [0.29, 0.717) is 0 Å². The maximum atomic E-state index is 3.85. The summed E-state index contributed by atoms with van der Waals surface area (Å²) in [6, 6.07) is 38.1. The van der Waals surface area contributed by atoms with Crippen LogP contribution in [0.5, 0.6) is 0 Å². The van der Waals surface area contributed by atoms with E-state index in [9.17, 15) is 0 Å².